The molecule has 0 bridgehead atoms. The van der Waals surface area contributed by atoms with Crippen molar-refractivity contribution in [1.29, 1.82) is 0 Å². The molecule has 0 spiro atoms. The molecule has 0 radical (unpaired) electrons. The third-order valence-corrected chi connectivity index (χ3v) is 3.59. The predicted octanol–water partition coefficient (Wildman–Crippen LogP) is 3.15. The molecular weight excluding hydrogens is 271 g/mol. The highest BCUT2D eigenvalue weighted by atomic mass is 19.2. The molecule has 0 saturated heterocycles. The standard InChI is InChI=1S/C14H16F3NO2/c15-10-6-8(7-11(16)12(10)17)13(14(19)20)18-9-4-2-1-3-5-9/h6-7,9,13,18H,1-5H2,(H,19,20). The lowest BCUT2D eigenvalue weighted by Crippen LogP contribution is -2.38. The van der Waals surface area contributed by atoms with Crippen LogP contribution in [0.3, 0.4) is 0 Å². The lowest BCUT2D eigenvalue weighted by atomic mass is 9.94. The van der Waals surface area contributed by atoms with Crippen molar-refractivity contribution in [3.05, 3.63) is 35.1 Å². The van der Waals surface area contributed by atoms with E-state index in [1.54, 1.807) is 0 Å². The monoisotopic (exact) mass is 287 g/mol. The zero-order chi connectivity index (χ0) is 14.7. The normalized spacial score (nSPS) is 17.9. The van der Waals surface area contributed by atoms with E-state index in [4.69, 9.17) is 0 Å². The van der Waals surface area contributed by atoms with Gasteiger partial charge in [-0.05, 0) is 30.5 Å². The van der Waals surface area contributed by atoms with Gasteiger partial charge in [0.1, 0.15) is 6.04 Å². The highest BCUT2D eigenvalue weighted by Crippen LogP contribution is 2.24. The first-order valence-electron chi connectivity index (χ1n) is 6.62. The van der Waals surface area contributed by atoms with E-state index in [1.807, 2.05) is 0 Å². The summed E-state index contributed by atoms with van der Waals surface area (Å²) in [5, 5.41) is 12.1. The Morgan fingerprint density at radius 1 is 1.15 bits per heavy atom. The minimum Gasteiger partial charge on any atom is -0.480 e. The Morgan fingerprint density at radius 2 is 1.70 bits per heavy atom. The Morgan fingerprint density at radius 3 is 2.20 bits per heavy atom. The van der Waals surface area contributed by atoms with Gasteiger partial charge in [0.15, 0.2) is 17.5 Å². The number of hydrogen-bond acceptors (Lipinski definition) is 2. The van der Waals surface area contributed by atoms with E-state index >= 15 is 0 Å². The Bertz CT molecular complexity index is 478. The highest BCUT2D eigenvalue weighted by molar-refractivity contribution is 5.75. The largest absolute Gasteiger partial charge is 0.480 e. The van der Waals surface area contributed by atoms with Crippen molar-refractivity contribution in [3.8, 4) is 0 Å². The Balaban J connectivity index is 2.21. The molecule has 0 aromatic heterocycles. The van der Waals surface area contributed by atoms with E-state index in [1.165, 1.54) is 0 Å². The van der Waals surface area contributed by atoms with Gasteiger partial charge in [0.25, 0.3) is 0 Å². The molecule has 0 heterocycles. The van der Waals surface area contributed by atoms with Crippen molar-refractivity contribution in [3.63, 3.8) is 0 Å². The highest BCUT2D eigenvalue weighted by Gasteiger charge is 2.26. The zero-order valence-electron chi connectivity index (χ0n) is 10.8. The molecule has 1 aromatic rings. The minimum absolute atomic E-state index is 0.000950. The molecule has 2 rings (SSSR count). The summed E-state index contributed by atoms with van der Waals surface area (Å²) in [4.78, 5) is 11.3. The van der Waals surface area contributed by atoms with Crippen LogP contribution in [0.25, 0.3) is 0 Å². The molecule has 6 heteroatoms. The van der Waals surface area contributed by atoms with Crippen molar-refractivity contribution in [2.24, 2.45) is 0 Å². The Kier molecular flexibility index (Phi) is 4.65. The average Bonchev–Trinajstić information content (AvgIpc) is 2.42. The summed E-state index contributed by atoms with van der Waals surface area (Å²) < 4.78 is 39.3. The van der Waals surface area contributed by atoms with E-state index in [2.05, 4.69) is 5.32 Å². The van der Waals surface area contributed by atoms with Crippen LogP contribution in [0, 0.1) is 17.5 Å². The molecule has 2 N–H and O–H groups in total. The SMILES string of the molecule is O=C(O)C(NC1CCCCC1)c1cc(F)c(F)c(F)c1. The van der Waals surface area contributed by atoms with Crippen LogP contribution in [-0.4, -0.2) is 17.1 Å². The van der Waals surface area contributed by atoms with Gasteiger partial charge in [-0.25, -0.2) is 13.2 Å². The van der Waals surface area contributed by atoms with Gasteiger partial charge in [-0.2, -0.15) is 0 Å². The lowest BCUT2D eigenvalue weighted by Gasteiger charge is -2.26. The van der Waals surface area contributed by atoms with Crippen LogP contribution in [0.2, 0.25) is 0 Å². The summed E-state index contributed by atoms with van der Waals surface area (Å²) in [5.74, 6) is -5.58. The van der Waals surface area contributed by atoms with Crippen LogP contribution in [0.4, 0.5) is 13.2 Å². The van der Waals surface area contributed by atoms with Crippen LogP contribution in [-0.2, 0) is 4.79 Å². The molecule has 0 aliphatic heterocycles. The molecule has 1 aliphatic carbocycles. The third-order valence-electron chi connectivity index (χ3n) is 3.59. The number of rotatable bonds is 4. The molecule has 1 atom stereocenters. The fourth-order valence-corrected chi connectivity index (χ4v) is 2.56. The molecule has 1 aromatic carbocycles. The summed E-state index contributed by atoms with van der Waals surface area (Å²) >= 11 is 0. The first-order chi connectivity index (χ1) is 9.49. The number of carboxylic acids is 1. The number of aliphatic carboxylic acids is 1. The van der Waals surface area contributed by atoms with Crippen molar-refractivity contribution in [2.75, 3.05) is 0 Å². The molecule has 1 saturated carbocycles. The molecule has 3 nitrogen and oxygen atoms in total. The topological polar surface area (TPSA) is 49.3 Å². The summed E-state index contributed by atoms with van der Waals surface area (Å²) in [6.07, 6.45) is 4.76. The van der Waals surface area contributed by atoms with Crippen LogP contribution < -0.4 is 5.32 Å². The fraction of sp³-hybridized carbons (Fsp3) is 0.500. The maximum absolute atomic E-state index is 13.2. The molecule has 20 heavy (non-hydrogen) atoms. The van der Waals surface area contributed by atoms with Gasteiger partial charge in [-0.1, -0.05) is 19.3 Å². The van der Waals surface area contributed by atoms with Gasteiger partial charge in [-0.15, -0.1) is 0 Å². The smallest absolute Gasteiger partial charge is 0.325 e. The number of halogens is 3. The number of carboxylic acid groups (broad SMARTS) is 1. The van der Waals surface area contributed by atoms with Crippen LogP contribution in [0.5, 0.6) is 0 Å². The van der Waals surface area contributed by atoms with E-state index in [0.717, 1.165) is 44.2 Å². The first-order valence-corrected chi connectivity index (χ1v) is 6.62. The van der Waals surface area contributed by atoms with E-state index in [-0.39, 0.29) is 11.6 Å². The lowest BCUT2D eigenvalue weighted by molar-refractivity contribution is -0.140. The molecular formula is C14H16F3NO2. The van der Waals surface area contributed by atoms with Crippen molar-refractivity contribution in [1.82, 2.24) is 5.32 Å². The zero-order valence-corrected chi connectivity index (χ0v) is 10.8. The summed E-state index contributed by atoms with van der Waals surface area (Å²) in [6, 6.07) is 0.226. The second-order valence-corrected chi connectivity index (χ2v) is 5.07. The van der Waals surface area contributed by atoms with Gasteiger partial charge < -0.3 is 5.11 Å². The van der Waals surface area contributed by atoms with Crippen molar-refractivity contribution < 1.29 is 23.1 Å². The van der Waals surface area contributed by atoms with Crippen LogP contribution in [0.15, 0.2) is 12.1 Å². The third kappa shape index (κ3) is 3.30. The number of nitrogens with one attached hydrogen (secondary N) is 1. The van der Waals surface area contributed by atoms with Gasteiger partial charge in [0.2, 0.25) is 0 Å². The molecule has 110 valence electrons. The fourth-order valence-electron chi connectivity index (χ4n) is 2.56. The second-order valence-electron chi connectivity index (χ2n) is 5.07. The van der Waals surface area contributed by atoms with Gasteiger partial charge >= 0.3 is 5.97 Å². The van der Waals surface area contributed by atoms with Crippen LogP contribution in [0.1, 0.15) is 43.7 Å². The summed E-state index contributed by atoms with van der Waals surface area (Å²) in [5.41, 5.74) is -0.112. The van der Waals surface area contributed by atoms with E-state index in [9.17, 15) is 23.1 Å². The number of benzene rings is 1. The summed E-state index contributed by atoms with van der Waals surface area (Å²) in [6.45, 7) is 0. The van der Waals surface area contributed by atoms with Crippen LogP contribution >= 0.6 is 0 Å². The molecule has 1 unspecified atom stereocenters. The second kappa shape index (κ2) is 6.26. The van der Waals surface area contributed by atoms with E-state index < -0.39 is 29.5 Å². The molecule has 0 amide bonds. The quantitative estimate of drug-likeness (QED) is 0.836. The van der Waals surface area contributed by atoms with Gasteiger partial charge in [-0.3, -0.25) is 10.1 Å². The maximum atomic E-state index is 13.2. The predicted molar refractivity (Wildman–Crippen MR) is 66.7 cm³/mol. The average molecular weight is 287 g/mol. The molecule has 1 aliphatic rings. The maximum Gasteiger partial charge on any atom is 0.325 e. The van der Waals surface area contributed by atoms with Gasteiger partial charge in [0, 0.05) is 6.04 Å². The minimum atomic E-state index is -1.59. The van der Waals surface area contributed by atoms with Crippen molar-refractivity contribution in [2.45, 2.75) is 44.2 Å². The van der Waals surface area contributed by atoms with E-state index in [0.29, 0.717) is 0 Å². The number of hydrogen-bond donors (Lipinski definition) is 2. The van der Waals surface area contributed by atoms with Gasteiger partial charge in [0.05, 0.1) is 0 Å². The van der Waals surface area contributed by atoms with Crippen molar-refractivity contribution >= 4 is 5.97 Å². The Labute approximate surface area is 114 Å². The summed E-state index contributed by atoms with van der Waals surface area (Å²) in [7, 11) is 0. The molecule has 1 fully saturated rings. The number of carbonyl (C=O) groups is 1. The Hall–Kier alpha value is -1.56. The first kappa shape index (κ1) is 14.8.